The second-order valence-corrected chi connectivity index (χ2v) is 6.63. The molecule has 0 spiro atoms. The molecule has 0 N–H and O–H groups in total. The van der Waals surface area contributed by atoms with Crippen LogP contribution < -0.4 is 9.80 Å². The summed E-state index contributed by atoms with van der Waals surface area (Å²) < 4.78 is 1.75. The average Bonchev–Trinajstić information content (AvgIpc) is 3.31. The minimum Gasteiger partial charge on any atom is -0.368 e. The summed E-state index contributed by atoms with van der Waals surface area (Å²) in [5.41, 5.74) is 3.70. The molecule has 1 aliphatic carbocycles. The van der Waals surface area contributed by atoms with Gasteiger partial charge in [0, 0.05) is 32.4 Å². The molecule has 1 fully saturated rings. The third-order valence-corrected chi connectivity index (χ3v) is 4.86. The standard InChI is InChI=1S/C18H22N4O/c1-13-11-15(19-20(13)2)18(23)22-10-9-21(12-14-7-8-14)16-5-3-4-6-17(16)22/h3-6,11,14H,7-10,12H2,1-2H3. The van der Waals surface area contributed by atoms with Gasteiger partial charge in [0.2, 0.25) is 0 Å². The van der Waals surface area contributed by atoms with Crippen LogP contribution in [-0.4, -0.2) is 35.3 Å². The topological polar surface area (TPSA) is 41.4 Å². The third-order valence-electron chi connectivity index (χ3n) is 4.86. The molecule has 4 rings (SSSR count). The van der Waals surface area contributed by atoms with Gasteiger partial charge in [0.05, 0.1) is 11.4 Å². The van der Waals surface area contributed by atoms with Crippen LogP contribution in [0.5, 0.6) is 0 Å². The number of carbonyl (C=O) groups excluding carboxylic acids is 1. The van der Waals surface area contributed by atoms with Crippen LogP contribution in [-0.2, 0) is 7.05 Å². The zero-order valence-corrected chi connectivity index (χ0v) is 13.7. The summed E-state index contributed by atoms with van der Waals surface area (Å²) in [4.78, 5) is 17.2. The lowest BCUT2D eigenvalue weighted by Gasteiger charge is -2.37. The van der Waals surface area contributed by atoms with Gasteiger partial charge in [-0.2, -0.15) is 5.10 Å². The van der Waals surface area contributed by atoms with Crippen LogP contribution in [0.2, 0.25) is 0 Å². The van der Waals surface area contributed by atoms with E-state index in [2.05, 4.69) is 22.1 Å². The highest BCUT2D eigenvalue weighted by atomic mass is 16.2. The fraction of sp³-hybridized carbons (Fsp3) is 0.444. The van der Waals surface area contributed by atoms with Gasteiger partial charge in [-0.05, 0) is 43.9 Å². The molecule has 1 aromatic heterocycles. The molecule has 0 bridgehead atoms. The van der Waals surface area contributed by atoms with Crippen molar-refractivity contribution in [2.45, 2.75) is 19.8 Å². The number of fused-ring (bicyclic) bond motifs is 1. The molecule has 2 heterocycles. The Bertz CT molecular complexity index is 728. The molecule has 0 radical (unpaired) electrons. The van der Waals surface area contributed by atoms with E-state index in [0.29, 0.717) is 5.69 Å². The Morgan fingerprint density at radius 3 is 2.61 bits per heavy atom. The molecule has 1 saturated carbocycles. The number of aryl methyl sites for hydroxylation is 2. The predicted molar refractivity (Wildman–Crippen MR) is 91.0 cm³/mol. The van der Waals surface area contributed by atoms with Crippen molar-refractivity contribution in [1.82, 2.24) is 9.78 Å². The first-order valence-electron chi connectivity index (χ1n) is 8.30. The smallest absolute Gasteiger partial charge is 0.278 e. The monoisotopic (exact) mass is 310 g/mol. The van der Waals surface area contributed by atoms with E-state index in [1.165, 1.54) is 18.5 Å². The lowest BCUT2D eigenvalue weighted by molar-refractivity contribution is 0.0981. The summed E-state index contributed by atoms with van der Waals surface area (Å²) in [7, 11) is 1.87. The summed E-state index contributed by atoms with van der Waals surface area (Å²) in [6.07, 6.45) is 2.68. The van der Waals surface area contributed by atoms with Crippen molar-refractivity contribution >= 4 is 17.3 Å². The first kappa shape index (κ1) is 14.3. The van der Waals surface area contributed by atoms with Gasteiger partial charge in [-0.15, -0.1) is 0 Å². The number of hydrogen-bond donors (Lipinski definition) is 0. The van der Waals surface area contributed by atoms with E-state index < -0.39 is 0 Å². The molecule has 1 aromatic carbocycles. The lowest BCUT2D eigenvalue weighted by atomic mass is 10.1. The number of anilines is 2. The Morgan fingerprint density at radius 2 is 1.96 bits per heavy atom. The molecule has 0 atom stereocenters. The van der Waals surface area contributed by atoms with Gasteiger partial charge < -0.3 is 9.80 Å². The maximum atomic E-state index is 12.9. The van der Waals surface area contributed by atoms with Gasteiger partial charge in [0.25, 0.3) is 5.91 Å². The van der Waals surface area contributed by atoms with E-state index in [9.17, 15) is 4.79 Å². The van der Waals surface area contributed by atoms with Gasteiger partial charge in [0.1, 0.15) is 0 Å². The van der Waals surface area contributed by atoms with Gasteiger partial charge in [-0.25, -0.2) is 0 Å². The normalized spacial score (nSPS) is 17.3. The Labute approximate surface area is 136 Å². The van der Waals surface area contributed by atoms with Crippen molar-refractivity contribution < 1.29 is 4.79 Å². The highest BCUT2D eigenvalue weighted by Gasteiger charge is 2.31. The third kappa shape index (κ3) is 2.60. The molecule has 1 aliphatic heterocycles. The molecule has 120 valence electrons. The maximum Gasteiger partial charge on any atom is 0.278 e. The molecule has 0 saturated heterocycles. The maximum absolute atomic E-state index is 12.9. The van der Waals surface area contributed by atoms with Crippen molar-refractivity contribution in [1.29, 1.82) is 0 Å². The minimum absolute atomic E-state index is 0.00720. The van der Waals surface area contributed by atoms with E-state index >= 15 is 0 Å². The quantitative estimate of drug-likeness (QED) is 0.875. The number of nitrogens with zero attached hydrogens (tertiary/aromatic N) is 4. The van der Waals surface area contributed by atoms with E-state index in [1.807, 2.05) is 37.1 Å². The zero-order valence-electron chi connectivity index (χ0n) is 13.7. The average molecular weight is 310 g/mol. The number of rotatable bonds is 3. The van der Waals surface area contributed by atoms with Crippen LogP contribution in [0.1, 0.15) is 29.0 Å². The molecular formula is C18H22N4O. The van der Waals surface area contributed by atoms with Crippen molar-refractivity contribution in [3.63, 3.8) is 0 Å². The van der Waals surface area contributed by atoms with Crippen molar-refractivity contribution in [3.8, 4) is 0 Å². The molecule has 5 nitrogen and oxygen atoms in total. The van der Waals surface area contributed by atoms with Gasteiger partial charge in [-0.1, -0.05) is 12.1 Å². The highest BCUT2D eigenvalue weighted by Crippen LogP contribution is 2.37. The fourth-order valence-corrected chi connectivity index (χ4v) is 3.24. The van der Waals surface area contributed by atoms with E-state index in [4.69, 9.17) is 0 Å². The number of hydrogen-bond acceptors (Lipinski definition) is 3. The van der Waals surface area contributed by atoms with Crippen LogP contribution >= 0.6 is 0 Å². The number of para-hydroxylation sites is 2. The van der Waals surface area contributed by atoms with Gasteiger partial charge in [0.15, 0.2) is 5.69 Å². The van der Waals surface area contributed by atoms with Crippen LogP contribution in [0.25, 0.3) is 0 Å². The minimum atomic E-state index is -0.00720. The Hall–Kier alpha value is -2.30. The molecule has 5 heteroatoms. The predicted octanol–water partition coefficient (Wildman–Crippen LogP) is 2.61. The molecule has 2 aromatic rings. The molecule has 0 unspecified atom stereocenters. The fourth-order valence-electron chi connectivity index (χ4n) is 3.24. The second kappa shape index (κ2) is 5.41. The largest absolute Gasteiger partial charge is 0.368 e. The summed E-state index contributed by atoms with van der Waals surface area (Å²) in [6.45, 7) is 4.69. The van der Waals surface area contributed by atoms with E-state index in [1.54, 1.807) is 4.68 Å². The van der Waals surface area contributed by atoms with Crippen molar-refractivity contribution in [3.05, 3.63) is 41.7 Å². The highest BCUT2D eigenvalue weighted by molar-refractivity contribution is 6.07. The van der Waals surface area contributed by atoms with Crippen LogP contribution in [0.15, 0.2) is 30.3 Å². The lowest BCUT2D eigenvalue weighted by Crippen LogP contribution is -2.45. The Kier molecular flexibility index (Phi) is 3.36. The van der Waals surface area contributed by atoms with Crippen molar-refractivity contribution in [2.75, 3.05) is 29.4 Å². The summed E-state index contributed by atoms with van der Waals surface area (Å²) >= 11 is 0. The molecular weight excluding hydrogens is 288 g/mol. The van der Waals surface area contributed by atoms with Crippen LogP contribution in [0.4, 0.5) is 11.4 Å². The number of aromatic nitrogens is 2. The summed E-state index contributed by atoms with van der Waals surface area (Å²) in [5, 5.41) is 4.35. The molecule has 1 amide bonds. The van der Waals surface area contributed by atoms with Crippen molar-refractivity contribution in [2.24, 2.45) is 13.0 Å². The molecule has 2 aliphatic rings. The van der Waals surface area contributed by atoms with Crippen LogP contribution in [0.3, 0.4) is 0 Å². The first-order chi connectivity index (χ1) is 11.1. The van der Waals surface area contributed by atoms with E-state index in [-0.39, 0.29) is 5.91 Å². The number of amides is 1. The first-order valence-corrected chi connectivity index (χ1v) is 8.30. The van der Waals surface area contributed by atoms with Crippen LogP contribution in [0, 0.1) is 12.8 Å². The van der Waals surface area contributed by atoms with Gasteiger partial charge in [-0.3, -0.25) is 9.48 Å². The SMILES string of the molecule is Cc1cc(C(=O)N2CCN(CC3CC3)c3ccccc32)nn1C. The zero-order chi connectivity index (χ0) is 16.0. The summed E-state index contributed by atoms with van der Waals surface area (Å²) in [5.74, 6) is 0.830. The number of carbonyl (C=O) groups is 1. The molecule has 23 heavy (non-hydrogen) atoms. The van der Waals surface area contributed by atoms with E-state index in [0.717, 1.165) is 36.9 Å². The Morgan fingerprint density at radius 1 is 1.22 bits per heavy atom. The van der Waals surface area contributed by atoms with Gasteiger partial charge >= 0.3 is 0 Å². The Balaban J connectivity index is 1.65. The second-order valence-electron chi connectivity index (χ2n) is 6.63. The number of benzene rings is 1. The summed E-state index contributed by atoms with van der Waals surface area (Å²) in [6, 6.07) is 10.1.